The minimum atomic E-state index is -0.833. The fraction of sp³-hybridized carbons (Fsp3) is 0.438. The molecule has 0 aromatic heterocycles. The van der Waals surface area contributed by atoms with Gasteiger partial charge in [-0.1, -0.05) is 18.2 Å². The molecular formula is C16H19NO2. The molecule has 3 rings (SSSR count). The second-order valence-corrected chi connectivity index (χ2v) is 5.44. The zero-order valence-corrected chi connectivity index (χ0v) is 11.0. The third-order valence-electron chi connectivity index (χ3n) is 4.19. The second-order valence-electron chi connectivity index (χ2n) is 5.44. The standard InChI is InChI=1S/C16H19NO2/c18-16(19)13-6-7-14-11-17(9-8-12(14)10-13)15-4-2-1-3-5-15/h2,4,6-7,10,15H,1,3,5,8-9,11H2,(H,18,19). The van der Waals surface area contributed by atoms with Crippen molar-refractivity contribution in [2.75, 3.05) is 6.54 Å². The maximum atomic E-state index is 11.0. The van der Waals surface area contributed by atoms with Crippen LogP contribution in [-0.4, -0.2) is 28.6 Å². The average molecular weight is 257 g/mol. The van der Waals surface area contributed by atoms with Crippen molar-refractivity contribution in [1.82, 2.24) is 4.90 Å². The van der Waals surface area contributed by atoms with Gasteiger partial charge in [-0.25, -0.2) is 4.79 Å². The molecule has 0 amide bonds. The van der Waals surface area contributed by atoms with Crippen LogP contribution in [0.4, 0.5) is 0 Å². The number of hydrogen-bond donors (Lipinski definition) is 1. The van der Waals surface area contributed by atoms with Crippen molar-refractivity contribution in [3.8, 4) is 0 Å². The van der Waals surface area contributed by atoms with E-state index in [4.69, 9.17) is 5.11 Å². The van der Waals surface area contributed by atoms with Gasteiger partial charge in [-0.3, -0.25) is 4.90 Å². The Labute approximate surface area is 113 Å². The molecular weight excluding hydrogens is 238 g/mol. The average Bonchev–Trinajstić information content (AvgIpc) is 2.47. The van der Waals surface area contributed by atoms with Crippen LogP contribution >= 0.6 is 0 Å². The van der Waals surface area contributed by atoms with Gasteiger partial charge >= 0.3 is 5.97 Å². The monoisotopic (exact) mass is 257 g/mol. The Morgan fingerprint density at radius 2 is 2.21 bits per heavy atom. The number of hydrogen-bond acceptors (Lipinski definition) is 2. The van der Waals surface area contributed by atoms with Crippen LogP contribution in [0.25, 0.3) is 0 Å². The van der Waals surface area contributed by atoms with E-state index in [1.54, 1.807) is 6.07 Å². The maximum Gasteiger partial charge on any atom is 0.335 e. The van der Waals surface area contributed by atoms with Crippen molar-refractivity contribution >= 4 is 5.97 Å². The van der Waals surface area contributed by atoms with E-state index in [-0.39, 0.29) is 0 Å². The van der Waals surface area contributed by atoms with Gasteiger partial charge in [0.2, 0.25) is 0 Å². The number of carboxylic acid groups (broad SMARTS) is 1. The lowest BCUT2D eigenvalue weighted by atomic mass is 9.94. The van der Waals surface area contributed by atoms with Crippen LogP contribution in [0.1, 0.15) is 40.7 Å². The summed E-state index contributed by atoms with van der Waals surface area (Å²) in [5, 5.41) is 9.02. The predicted molar refractivity (Wildman–Crippen MR) is 74.3 cm³/mol. The zero-order valence-electron chi connectivity index (χ0n) is 11.0. The summed E-state index contributed by atoms with van der Waals surface area (Å²) in [5.74, 6) is -0.833. The van der Waals surface area contributed by atoms with Gasteiger partial charge < -0.3 is 5.11 Å². The molecule has 0 spiro atoms. The summed E-state index contributed by atoms with van der Waals surface area (Å²) < 4.78 is 0. The highest BCUT2D eigenvalue weighted by Crippen LogP contribution is 2.25. The number of benzene rings is 1. The van der Waals surface area contributed by atoms with Crippen LogP contribution < -0.4 is 0 Å². The quantitative estimate of drug-likeness (QED) is 0.828. The maximum absolute atomic E-state index is 11.0. The lowest BCUT2D eigenvalue weighted by Gasteiger charge is -2.35. The molecule has 3 nitrogen and oxygen atoms in total. The third-order valence-corrected chi connectivity index (χ3v) is 4.19. The van der Waals surface area contributed by atoms with Crippen molar-refractivity contribution in [3.63, 3.8) is 0 Å². The first-order valence-corrected chi connectivity index (χ1v) is 7.00. The number of aromatic carboxylic acids is 1. The van der Waals surface area contributed by atoms with E-state index in [1.165, 1.54) is 30.4 Å². The largest absolute Gasteiger partial charge is 0.478 e. The van der Waals surface area contributed by atoms with Crippen molar-refractivity contribution in [1.29, 1.82) is 0 Å². The van der Waals surface area contributed by atoms with E-state index in [1.807, 2.05) is 12.1 Å². The molecule has 0 saturated carbocycles. The van der Waals surface area contributed by atoms with E-state index < -0.39 is 5.97 Å². The van der Waals surface area contributed by atoms with Gasteiger partial charge in [0.05, 0.1) is 5.56 Å². The fourth-order valence-corrected chi connectivity index (χ4v) is 3.09. The second kappa shape index (κ2) is 5.17. The summed E-state index contributed by atoms with van der Waals surface area (Å²) in [5.41, 5.74) is 2.90. The SMILES string of the molecule is O=C(O)c1ccc2c(c1)CCN(C1C=CCCC1)C2. The number of rotatable bonds is 2. The molecule has 1 aliphatic carbocycles. The highest BCUT2D eigenvalue weighted by Gasteiger charge is 2.23. The van der Waals surface area contributed by atoms with Gasteiger partial charge in [-0.15, -0.1) is 0 Å². The first kappa shape index (κ1) is 12.4. The molecule has 2 aliphatic rings. The highest BCUT2D eigenvalue weighted by molar-refractivity contribution is 5.87. The third kappa shape index (κ3) is 2.56. The summed E-state index contributed by atoms with van der Waals surface area (Å²) in [4.78, 5) is 13.5. The molecule has 3 heteroatoms. The number of allylic oxidation sites excluding steroid dienone is 1. The van der Waals surface area contributed by atoms with Crippen LogP contribution in [0.2, 0.25) is 0 Å². The van der Waals surface area contributed by atoms with Gasteiger partial charge in [0, 0.05) is 19.1 Å². The molecule has 1 N–H and O–H groups in total. The molecule has 0 radical (unpaired) electrons. The summed E-state index contributed by atoms with van der Waals surface area (Å²) >= 11 is 0. The van der Waals surface area contributed by atoms with Gasteiger partial charge in [0.15, 0.2) is 0 Å². The summed E-state index contributed by atoms with van der Waals surface area (Å²) in [6, 6.07) is 6.12. The molecule has 0 saturated heterocycles. The Morgan fingerprint density at radius 1 is 1.32 bits per heavy atom. The van der Waals surface area contributed by atoms with Crippen molar-refractivity contribution in [2.45, 2.75) is 38.3 Å². The molecule has 1 atom stereocenters. The topological polar surface area (TPSA) is 40.5 Å². The Kier molecular flexibility index (Phi) is 3.38. The van der Waals surface area contributed by atoms with Gasteiger partial charge in [0.25, 0.3) is 0 Å². The van der Waals surface area contributed by atoms with E-state index in [2.05, 4.69) is 17.1 Å². The molecule has 1 unspecified atom stereocenters. The molecule has 1 aliphatic heterocycles. The molecule has 100 valence electrons. The molecule has 1 heterocycles. The van der Waals surface area contributed by atoms with Crippen molar-refractivity contribution in [2.24, 2.45) is 0 Å². The molecule has 0 fully saturated rings. The highest BCUT2D eigenvalue weighted by atomic mass is 16.4. The number of fused-ring (bicyclic) bond motifs is 1. The zero-order chi connectivity index (χ0) is 13.2. The Bertz CT molecular complexity index is 521. The summed E-state index contributed by atoms with van der Waals surface area (Å²) in [7, 11) is 0. The number of carboxylic acids is 1. The molecule has 1 aromatic rings. The van der Waals surface area contributed by atoms with E-state index in [9.17, 15) is 4.79 Å². The first-order valence-electron chi connectivity index (χ1n) is 7.00. The predicted octanol–water partition coefficient (Wildman–Crippen LogP) is 2.85. The molecule has 1 aromatic carbocycles. The number of carbonyl (C=O) groups is 1. The summed E-state index contributed by atoms with van der Waals surface area (Å²) in [6.07, 6.45) is 9.32. The molecule has 0 bridgehead atoms. The van der Waals surface area contributed by atoms with E-state index in [0.717, 1.165) is 19.5 Å². The van der Waals surface area contributed by atoms with Crippen LogP contribution in [0.15, 0.2) is 30.4 Å². The van der Waals surface area contributed by atoms with Gasteiger partial charge in [-0.2, -0.15) is 0 Å². The Morgan fingerprint density at radius 3 is 2.95 bits per heavy atom. The van der Waals surface area contributed by atoms with Crippen LogP contribution in [0.3, 0.4) is 0 Å². The van der Waals surface area contributed by atoms with Crippen LogP contribution in [0, 0.1) is 0 Å². The van der Waals surface area contributed by atoms with Crippen LogP contribution in [0.5, 0.6) is 0 Å². The smallest absolute Gasteiger partial charge is 0.335 e. The number of nitrogens with zero attached hydrogens (tertiary/aromatic N) is 1. The fourth-order valence-electron chi connectivity index (χ4n) is 3.09. The van der Waals surface area contributed by atoms with Gasteiger partial charge in [0.1, 0.15) is 0 Å². The minimum Gasteiger partial charge on any atom is -0.478 e. The lowest BCUT2D eigenvalue weighted by Crippen LogP contribution is -2.38. The van der Waals surface area contributed by atoms with Crippen molar-refractivity contribution < 1.29 is 9.90 Å². The molecule has 19 heavy (non-hydrogen) atoms. The Balaban J connectivity index is 1.78. The minimum absolute atomic E-state index is 0.407. The summed E-state index contributed by atoms with van der Waals surface area (Å²) in [6.45, 7) is 1.98. The normalized spacial score (nSPS) is 23.1. The first-order chi connectivity index (χ1) is 9.24. The lowest BCUT2D eigenvalue weighted by molar-refractivity contribution is 0.0696. The van der Waals surface area contributed by atoms with E-state index in [0.29, 0.717) is 11.6 Å². The van der Waals surface area contributed by atoms with Crippen LogP contribution in [-0.2, 0) is 13.0 Å². The van der Waals surface area contributed by atoms with E-state index >= 15 is 0 Å². The van der Waals surface area contributed by atoms with Crippen molar-refractivity contribution in [3.05, 3.63) is 47.0 Å². The van der Waals surface area contributed by atoms with Gasteiger partial charge in [-0.05, 0) is 48.9 Å². The Hall–Kier alpha value is -1.61.